The topological polar surface area (TPSA) is 81.8 Å². The molecule has 1 aliphatic rings. The Labute approximate surface area is 167 Å². The summed E-state index contributed by atoms with van der Waals surface area (Å²) in [4.78, 5) is 39.2. The predicted molar refractivity (Wildman–Crippen MR) is 107 cm³/mol. The number of ketones is 1. The number of nitrogens with zero attached hydrogens (tertiary/aromatic N) is 2. The van der Waals surface area contributed by atoms with Gasteiger partial charge in [0.15, 0.2) is 11.4 Å². The zero-order valence-electron chi connectivity index (χ0n) is 16.2. The van der Waals surface area contributed by atoms with Crippen LogP contribution in [-0.4, -0.2) is 41.4 Å². The number of carbonyl (C=O) groups is 2. The van der Waals surface area contributed by atoms with Crippen LogP contribution in [0.25, 0.3) is 11.1 Å². The zero-order valence-corrected chi connectivity index (χ0v) is 16.2. The van der Waals surface area contributed by atoms with E-state index in [-0.39, 0.29) is 24.2 Å². The van der Waals surface area contributed by atoms with Gasteiger partial charge < -0.3 is 14.1 Å². The fraction of sp³-hybridized carbons (Fsp3) is 0.318. The maximum absolute atomic E-state index is 12.7. The lowest BCUT2D eigenvalue weighted by molar-refractivity contribution is -0.133. The summed E-state index contributed by atoms with van der Waals surface area (Å²) in [6, 6.07) is 14.1. The lowest BCUT2D eigenvalue weighted by Gasteiger charge is -2.31. The number of benzene rings is 2. The Balaban J connectivity index is 1.38. The number of oxazole rings is 1. The average Bonchev–Trinajstić information content (AvgIpc) is 3.08. The molecule has 0 N–H and O–H groups in total. The maximum atomic E-state index is 12.7. The van der Waals surface area contributed by atoms with Crippen LogP contribution in [0.1, 0.15) is 23.2 Å². The summed E-state index contributed by atoms with van der Waals surface area (Å²) >= 11 is 0. The second kappa shape index (κ2) is 7.95. The van der Waals surface area contributed by atoms with Gasteiger partial charge in [-0.3, -0.25) is 14.2 Å². The Bertz CT molecular complexity index is 1090. The van der Waals surface area contributed by atoms with Crippen molar-refractivity contribution in [2.24, 2.45) is 5.92 Å². The third kappa shape index (κ3) is 3.81. The fourth-order valence-electron chi connectivity index (χ4n) is 3.78. The van der Waals surface area contributed by atoms with Gasteiger partial charge in [-0.2, -0.15) is 0 Å². The molecule has 150 valence electrons. The second-order valence-corrected chi connectivity index (χ2v) is 7.17. The van der Waals surface area contributed by atoms with Crippen LogP contribution in [0.5, 0.6) is 5.75 Å². The van der Waals surface area contributed by atoms with E-state index in [0.29, 0.717) is 48.3 Å². The molecular formula is C22H22N2O5. The largest absolute Gasteiger partial charge is 0.497 e. The first-order valence-corrected chi connectivity index (χ1v) is 9.61. The summed E-state index contributed by atoms with van der Waals surface area (Å²) in [5.41, 5.74) is 1.73. The van der Waals surface area contributed by atoms with Gasteiger partial charge in [-0.05, 0) is 49.2 Å². The van der Waals surface area contributed by atoms with Gasteiger partial charge in [0.1, 0.15) is 12.3 Å². The van der Waals surface area contributed by atoms with E-state index in [1.807, 2.05) is 0 Å². The number of piperidine rings is 1. The summed E-state index contributed by atoms with van der Waals surface area (Å²) in [5, 5.41) is 0. The molecule has 0 unspecified atom stereocenters. The smallest absolute Gasteiger partial charge is 0.420 e. The van der Waals surface area contributed by atoms with E-state index in [0.717, 1.165) is 0 Å². The number of hydrogen-bond donors (Lipinski definition) is 0. The highest BCUT2D eigenvalue weighted by molar-refractivity contribution is 5.98. The molecule has 1 amide bonds. The lowest BCUT2D eigenvalue weighted by Crippen LogP contribution is -2.42. The quantitative estimate of drug-likeness (QED) is 0.622. The van der Waals surface area contributed by atoms with Crippen molar-refractivity contribution in [2.75, 3.05) is 20.2 Å². The molecule has 2 aromatic carbocycles. The number of fused-ring (bicyclic) bond motifs is 1. The van der Waals surface area contributed by atoms with E-state index < -0.39 is 5.76 Å². The lowest BCUT2D eigenvalue weighted by atomic mass is 9.89. The summed E-state index contributed by atoms with van der Waals surface area (Å²) in [5.74, 6) is 0.0174. The van der Waals surface area contributed by atoms with Gasteiger partial charge in [0.05, 0.1) is 12.6 Å². The van der Waals surface area contributed by atoms with Crippen LogP contribution < -0.4 is 10.5 Å². The Morgan fingerprint density at radius 3 is 2.45 bits per heavy atom. The number of carbonyl (C=O) groups excluding carboxylic acids is 2. The van der Waals surface area contributed by atoms with Crippen LogP contribution in [0.15, 0.2) is 57.7 Å². The Hall–Kier alpha value is -3.35. The van der Waals surface area contributed by atoms with E-state index in [1.54, 1.807) is 60.5 Å². The number of para-hydroxylation sites is 2. The monoisotopic (exact) mass is 394 g/mol. The van der Waals surface area contributed by atoms with Crippen LogP contribution >= 0.6 is 0 Å². The van der Waals surface area contributed by atoms with Crippen LogP contribution in [0.3, 0.4) is 0 Å². The predicted octanol–water partition coefficient (Wildman–Crippen LogP) is 2.72. The first kappa shape index (κ1) is 19.0. The number of ether oxygens (including phenoxy) is 1. The molecule has 29 heavy (non-hydrogen) atoms. The van der Waals surface area contributed by atoms with Gasteiger partial charge in [0, 0.05) is 24.6 Å². The van der Waals surface area contributed by atoms with Gasteiger partial charge in [0.2, 0.25) is 5.91 Å². The SMILES string of the molecule is COc1ccc(C(=O)C2CCN(C(=O)Cn3c(=O)oc4ccccc43)CC2)cc1. The van der Waals surface area contributed by atoms with E-state index in [4.69, 9.17) is 9.15 Å². The normalized spacial score (nSPS) is 14.9. The molecule has 2 heterocycles. The van der Waals surface area contributed by atoms with Crippen molar-refractivity contribution < 1.29 is 18.7 Å². The van der Waals surface area contributed by atoms with Crippen molar-refractivity contribution in [1.82, 2.24) is 9.47 Å². The third-order valence-corrected chi connectivity index (χ3v) is 5.46. The number of likely N-dealkylation sites (tertiary alicyclic amines) is 1. The summed E-state index contributed by atoms with van der Waals surface area (Å²) in [6.07, 6.45) is 1.22. The second-order valence-electron chi connectivity index (χ2n) is 7.17. The number of hydrogen-bond acceptors (Lipinski definition) is 5. The number of Topliss-reactive ketones (excluding diaryl/α,β-unsaturated/α-hetero) is 1. The molecule has 0 aliphatic carbocycles. The van der Waals surface area contributed by atoms with Gasteiger partial charge in [-0.15, -0.1) is 0 Å². The molecular weight excluding hydrogens is 372 g/mol. The average molecular weight is 394 g/mol. The molecule has 0 bridgehead atoms. The van der Waals surface area contributed by atoms with Crippen LogP contribution in [0.2, 0.25) is 0 Å². The van der Waals surface area contributed by atoms with Crippen LogP contribution in [0, 0.1) is 5.92 Å². The fourth-order valence-corrected chi connectivity index (χ4v) is 3.78. The minimum Gasteiger partial charge on any atom is -0.497 e. The van der Waals surface area contributed by atoms with E-state index in [9.17, 15) is 14.4 Å². The summed E-state index contributed by atoms with van der Waals surface area (Å²) < 4.78 is 11.7. The minimum atomic E-state index is -0.538. The zero-order chi connectivity index (χ0) is 20.4. The molecule has 0 saturated carbocycles. The highest BCUT2D eigenvalue weighted by Crippen LogP contribution is 2.23. The number of amides is 1. The molecule has 3 aromatic rings. The molecule has 1 aliphatic heterocycles. The van der Waals surface area contributed by atoms with E-state index >= 15 is 0 Å². The Morgan fingerprint density at radius 1 is 1.07 bits per heavy atom. The van der Waals surface area contributed by atoms with Gasteiger partial charge in [0.25, 0.3) is 0 Å². The molecule has 7 heteroatoms. The van der Waals surface area contributed by atoms with Crippen molar-refractivity contribution in [1.29, 1.82) is 0 Å². The van der Waals surface area contributed by atoms with Crippen molar-refractivity contribution in [3.05, 3.63) is 64.6 Å². The van der Waals surface area contributed by atoms with Gasteiger partial charge in [-0.1, -0.05) is 12.1 Å². The number of methoxy groups -OCH3 is 1. The first-order valence-electron chi connectivity index (χ1n) is 9.61. The molecule has 1 saturated heterocycles. The minimum absolute atomic E-state index is 0.0626. The maximum Gasteiger partial charge on any atom is 0.420 e. The van der Waals surface area contributed by atoms with Crippen molar-refractivity contribution in [2.45, 2.75) is 19.4 Å². The van der Waals surface area contributed by atoms with Crippen molar-refractivity contribution >= 4 is 22.8 Å². The Kier molecular flexibility index (Phi) is 5.20. The number of rotatable bonds is 5. The molecule has 1 fully saturated rings. The van der Waals surface area contributed by atoms with Gasteiger partial charge in [-0.25, -0.2) is 4.79 Å². The van der Waals surface area contributed by atoms with E-state index in [1.165, 1.54) is 4.57 Å². The molecule has 0 spiro atoms. The van der Waals surface area contributed by atoms with Crippen molar-refractivity contribution in [3.8, 4) is 5.75 Å². The molecule has 4 rings (SSSR count). The first-order chi connectivity index (χ1) is 14.1. The van der Waals surface area contributed by atoms with Crippen LogP contribution in [-0.2, 0) is 11.3 Å². The van der Waals surface area contributed by atoms with Crippen LogP contribution in [0.4, 0.5) is 0 Å². The molecule has 7 nitrogen and oxygen atoms in total. The highest BCUT2D eigenvalue weighted by atomic mass is 16.5. The molecule has 0 radical (unpaired) electrons. The molecule has 1 aromatic heterocycles. The number of aromatic nitrogens is 1. The highest BCUT2D eigenvalue weighted by Gasteiger charge is 2.28. The standard InChI is InChI=1S/C22H22N2O5/c1-28-17-8-6-15(7-9-17)21(26)16-10-12-23(13-11-16)20(25)14-24-18-4-2-3-5-19(18)29-22(24)27/h2-9,16H,10-14H2,1H3. The third-order valence-electron chi connectivity index (χ3n) is 5.46. The van der Waals surface area contributed by atoms with Gasteiger partial charge >= 0.3 is 5.76 Å². The van der Waals surface area contributed by atoms with E-state index in [2.05, 4.69) is 0 Å². The molecule has 0 atom stereocenters. The summed E-state index contributed by atoms with van der Waals surface area (Å²) in [7, 11) is 1.59. The Morgan fingerprint density at radius 2 is 1.76 bits per heavy atom. The van der Waals surface area contributed by atoms with Crippen molar-refractivity contribution in [3.63, 3.8) is 0 Å². The summed E-state index contributed by atoms with van der Waals surface area (Å²) in [6.45, 7) is 0.929.